The van der Waals surface area contributed by atoms with Crippen molar-refractivity contribution in [3.05, 3.63) is 42.2 Å². The van der Waals surface area contributed by atoms with Gasteiger partial charge in [0.15, 0.2) is 17.0 Å². The zero-order valence-corrected chi connectivity index (χ0v) is 11.9. The van der Waals surface area contributed by atoms with Crippen LogP contribution in [0.15, 0.2) is 36.7 Å². The van der Waals surface area contributed by atoms with E-state index in [-0.39, 0.29) is 0 Å². The average Bonchev–Trinajstić information content (AvgIpc) is 2.90. The van der Waals surface area contributed by atoms with Gasteiger partial charge in [-0.3, -0.25) is 0 Å². The highest BCUT2D eigenvalue weighted by molar-refractivity contribution is 5.81. The van der Waals surface area contributed by atoms with E-state index in [0.29, 0.717) is 36.1 Å². The average molecular weight is 283 g/mol. The van der Waals surface area contributed by atoms with Gasteiger partial charge >= 0.3 is 6.01 Å². The van der Waals surface area contributed by atoms with Gasteiger partial charge in [0, 0.05) is 0 Å². The van der Waals surface area contributed by atoms with Crippen LogP contribution >= 0.6 is 0 Å². The van der Waals surface area contributed by atoms with E-state index in [9.17, 15) is 0 Å². The van der Waals surface area contributed by atoms with Crippen molar-refractivity contribution in [3.63, 3.8) is 0 Å². The molecule has 6 heteroatoms. The fourth-order valence-corrected chi connectivity index (χ4v) is 2.10. The molecular formula is C15H17N5O. The molecule has 2 aromatic heterocycles. The summed E-state index contributed by atoms with van der Waals surface area (Å²) in [6, 6.07) is 10.4. The molecule has 2 N–H and O–H groups in total. The lowest BCUT2D eigenvalue weighted by molar-refractivity contribution is 0.293. The normalized spacial score (nSPS) is 10.9. The largest absolute Gasteiger partial charge is 0.463 e. The number of anilines is 1. The molecule has 0 amide bonds. The van der Waals surface area contributed by atoms with E-state index in [0.717, 1.165) is 6.42 Å². The number of nitrogens with two attached hydrogens (primary N) is 1. The van der Waals surface area contributed by atoms with Crippen molar-refractivity contribution in [2.75, 3.05) is 12.3 Å². The third-order valence-electron chi connectivity index (χ3n) is 3.10. The Morgan fingerprint density at radius 3 is 2.76 bits per heavy atom. The summed E-state index contributed by atoms with van der Waals surface area (Å²) in [4.78, 5) is 12.8. The Hall–Kier alpha value is -2.63. The Bertz CT molecular complexity index is 738. The van der Waals surface area contributed by atoms with Crippen LogP contribution in [0.2, 0.25) is 0 Å². The van der Waals surface area contributed by atoms with Crippen LogP contribution in [0.5, 0.6) is 6.01 Å². The molecule has 0 radical (unpaired) electrons. The lowest BCUT2D eigenvalue weighted by Gasteiger charge is -2.06. The lowest BCUT2D eigenvalue weighted by Crippen LogP contribution is -2.05. The topological polar surface area (TPSA) is 78.9 Å². The standard InChI is InChI=1S/C15H17N5O/c1-2-8-21-15-18-13(16)12-14(19-15)20(10-17-12)9-11-6-4-3-5-7-11/h3-7,10H,2,8-9H2,1H3,(H2,16,18,19). The van der Waals surface area contributed by atoms with Crippen molar-refractivity contribution in [1.82, 2.24) is 19.5 Å². The Balaban J connectivity index is 1.97. The highest BCUT2D eigenvalue weighted by atomic mass is 16.5. The van der Waals surface area contributed by atoms with E-state index in [1.54, 1.807) is 6.33 Å². The first-order valence-electron chi connectivity index (χ1n) is 6.93. The molecule has 0 fully saturated rings. The minimum absolute atomic E-state index is 0.302. The highest BCUT2D eigenvalue weighted by Gasteiger charge is 2.12. The van der Waals surface area contributed by atoms with Crippen molar-refractivity contribution >= 4 is 17.0 Å². The minimum atomic E-state index is 0.302. The maximum Gasteiger partial charge on any atom is 0.320 e. The lowest BCUT2D eigenvalue weighted by atomic mass is 10.2. The predicted octanol–water partition coefficient (Wildman–Crippen LogP) is 2.25. The van der Waals surface area contributed by atoms with Gasteiger partial charge in [0.2, 0.25) is 0 Å². The molecule has 0 saturated heterocycles. The van der Waals surface area contributed by atoms with Crippen LogP contribution in [0.25, 0.3) is 11.2 Å². The number of hydrogen-bond donors (Lipinski definition) is 1. The van der Waals surface area contributed by atoms with Crippen LogP contribution in [-0.2, 0) is 6.54 Å². The number of hydrogen-bond acceptors (Lipinski definition) is 5. The van der Waals surface area contributed by atoms with Crippen molar-refractivity contribution in [2.45, 2.75) is 19.9 Å². The predicted molar refractivity (Wildman–Crippen MR) is 81.1 cm³/mol. The van der Waals surface area contributed by atoms with Crippen molar-refractivity contribution < 1.29 is 4.74 Å². The van der Waals surface area contributed by atoms with E-state index in [1.165, 1.54) is 5.56 Å². The van der Waals surface area contributed by atoms with Crippen LogP contribution in [0, 0.1) is 0 Å². The van der Waals surface area contributed by atoms with Gasteiger partial charge in [-0.25, -0.2) is 4.98 Å². The Labute approximate surface area is 122 Å². The van der Waals surface area contributed by atoms with E-state index >= 15 is 0 Å². The highest BCUT2D eigenvalue weighted by Crippen LogP contribution is 2.20. The van der Waals surface area contributed by atoms with E-state index in [2.05, 4.69) is 27.1 Å². The number of ether oxygens (including phenoxy) is 1. The molecule has 3 rings (SSSR count). The van der Waals surface area contributed by atoms with Gasteiger partial charge in [0.1, 0.15) is 0 Å². The Kier molecular flexibility index (Phi) is 3.68. The van der Waals surface area contributed by atoms with Crippen LogP contribution in [0.3, 0.4) is 0 Å². The first kappa shape index (κ1) is 13.4. The van der Waals surface area contributed by atoms with E-state index < -0.39 is 0 Å². The fraction of sp³-hybridized carbons (Fsp3) is 0.267. The van der Waals surface area contributed by atoms with Gasteiger partial charge < -0.3 is 15.0 Å². The number of fused-ring (bicyclic) bond motifs is 1. The molecule has 0 bridgehead atoms. The number of nitrogen functional groups attached to an aromatic ring is 1. The summed E-state index contributed by atoms with van der Waals surface area (Å²) in [5.74, 6) is 0.345. The molecule has 0 atom stereocenters. The third-order valence-corrected chi connectivity index (χ3v) is 3.10. The van der Waals surface area contributed by atoms with Crippen molar-refractivity contribution in [2.24, 2.45) is 0 Å². The van der Waals surface area contributed by atoms with Gasteiger partial charge in [0.05, 0.1) is 19.5 Å². The molecule has 1 aromatic carbocycles. The molecule has 0 aliphatic carbocycles. The molecule has 108 valence electrons. The second kappa shape index (κ2) is 5.78. The van der Waals surface area contributed by atoms with E-state index in [4.69, 9.17) is 10.5 Å². The SMILES string of the molecule is CCCOc1nc(N)c2ncn(Cc3ccccc3)c2n1. The molecule has 6 nitrogen and oxygen atoms in total. The number of aromatic nitrogens is 4. The molecular weight excluding hydrogens is 266 g/mol. The molecule has 0 aliphatic rings. The van der Waals surface area contributed by atoms with Gasteiger partial charge in [-0.2, -0.15) is 9.97 Å². The number of benzene rings is 1. The summed E-state index contributed by atoms with van der Waals surface area (Å²) in [5, 5.41) is 0. The third kappa shape index (κ3) is 2.79. The molecule has 21 heavy (non-hydrogen) atoms. The molecule has 0 saturated carbocycles. The molecule has 0 aliphatic heterocycles. The number of imidazole rings is 1. The number of nitrogens with zero attached hydrogens (tertiary/aromatic N) is 4. The molecule has 3 aromatic rings. The quantitative estimate of drug-likeness (QED) is 0.777. The molecule has 0 spiro atoms. The van der Waals surface area contributed by atoms with Crippen molar-refractivity contribution in [1.29, 1.82) is 0 Å². The summed E-state index contributed by atoms with van der Waals surface area (Å²) in [7, 11) is 0. The summed E-state index contributed by atoms with van der Waals surface area (Å²) in [6.45, 7) is 3.28. The van der Waals surface area contributed by atoms with Crippen LogP contribution in [0.4, 0.5) is 5.82 Å². The van der Waals surface area contributed by atoms with E-state index in [1.807, 2.05) is 29.7 Å². The first-order valence-corrected chi connectivity index (χ1v) is 6.93. The first-order chi connectivity index (χ1) is 10.3. The Morgan fingerprint density at radius 2 is 2.00 bits per heavy atom. The fourth-order valence-electron chi connectivity index (χ4n) is 2.10. The summed E-state index contributed by atoms with van der Waals surface area (Å²) < 4.78 is 7.42. The smallest absolute Gasteiger partial charge is 0.320 e. The molecule has 0 unspecified atom stereocenters. The maximum absolute atomic E-state index is 5.93. The van der Waals surface area contributed by atoms with Gasteiger partial charge in [-0.05, 0) is 12.0 Å². The minimum Gasteiger partial charge on any atom is -0.463 e. The van der Waals surface area contributed by atoms with Crippen LogP contribution in [0.1, 0.15) is 18.9 Å². The second-order valence-corrected chi connectivity index (χ2v) is 4.77. The summed E-state index contributed by atoms with van der Waals surface area (Å²) >= 11 is 0. The molecule has 2 heterocycles. The van der Waals surface area contributed by atoms with Gasteiger partial charge in [-0.1, -0.05) is 37.3 Å². The summed E-state index contributed by atoms with van der Waals surface area (Å²) in [6.07, 6.45) is 2.62. The number of rotatable bonds is 5. The van der Waals surface area contributed by atoms with Crippen LogP contribution in [-0.4, -0.2) is 26.1 Å². The van der Waals surface area contributed by atoms with Crippen molar-refractivity contribution in [3.8, 4) is 6.01 Å². The monoisotopic (exact) mass is 283 g/mol. The Morgan fingerprint density at radius 1 is 1.19 bits per heavy atom. The zero-order chi connectivity index (χ0) is 14.7. The van der Waals surface area contributed by atoms with Gasteiger partial charge in [0.25, 0.3) is 0 Å². The van der Waals surface area contributed by atoms with Gasteiger partial charge in [-0.15, -0.1) is 0 Å². The zero-order valence-electron chi connectivity index (χ0n) is 11.9. The van der Waals surface area contributed by atoms with Crippen LogP contribution < -0.4 is 10.5 Å². The second-order valence-electron chi connectivity index (χ2n) is 4.77. The summed E-state index contributed by atoms with van der Waals surface area (Å²) in [5.41, 5.74) is 8.40. The maximum atomic E-state index is 5.93.